The van der Waals surface area contributed by atoms with Gasteiger partial charge in [0.25, 0.3) is 0 Å². The Hall–Kier alpha value is -0.570. The first kappa shape index (κ1) is 10.9. The summed E-state index contributed by atoms with van der Waals surface area (Å²) in [5, 5.41) is 7.76. The summed E-state index contributed by atoms with van der Waals surface area (Å²) in [4.78, 5) is 0. The molecule has 0 spiro atoms. The van der Waals surface area contributed by atoms with E-state index in [0.717, 1.165) is 31.1 Å². The van der Waals surface area contributed by atoms with Crippen LogP contribution in [0, 0.1) is 0 Å². The van der Waals surface area contributed by atoms with E-state index in [2.05, 4.69) is 23.6 Å². The minimum absolute atomic E-state index is 0.538. The van der Waals surface area contributed by atoms with Gasteiger partial charge in [-0.2, -0.15) is 0 Å². The van der Waals surface area contributed by atoms with Gasteiger partial charge >= 0.3 is 0 Å². The van der Waals surface area contributed by atoms with E-state index in [4.69, 9.17) is 11.6 Å². The molecule has 1 aromatic rings. The highest BCUT2D eigenvalue weighted by Gasteiger charge is 2.18. The molecule has 1 heterocycles. The number of likely N-dealkylation sites (N-methyl/N-ethyl adjacent to an activating group) is 1. The van der Waals surface area contributed by atoms with Crippen molar-refractivity contribution >= 4 is 11.6 Å². The monoisotopic (exact) mass is 224 g/mol. The van der Waals surface area contributed by atoms with Crippen LogP contribution in [0.2, 0.25) is 5.02 Å². The topological polar surface area (TPSA) is 24.1 Å². The quantitative estimate of drug-likeness (QED) is 0.821. The van der Waals surface area contributed by atoms with E-state index < -0.39 is 0 Å². The molecule has 1 unspecified atom stereocenters. The van der Waals surface area contributed by atoms with Crippen molar-refractivity contribution in [3.8, 4) is 0 Å². The van der Waals surface area contributed by atoms with E-state index >= 15 is 0 Å². The van der Waals surface area contributed by atoms with Crippen molar-refractivity contribution in [2.75, 3.05) is 13.1 Å². The second kappa shape index (κ2) is 4.97. The first-order valence-electron chi connectivity index (χ1n) is 5.51. The Morgan fingerprint density at radius 3 is 3.20 bits per heavy atom. The molecule has 0 bridgehead atoms. The molecule has 0 aromatic heterocycles. The van der Waals surface area contributed by atoms with Crippen molar-refractivity contribution < 1.29 is 0 Å². The lowest BCUT2D eigenvalue weighted by atomic mass is 9.96. The third-order valence-electron chi connectivity index (χ3n) is 2.89. The Bertz CT molecular complexity index is 338. The summed E-state index contributed by atoms with van der Waals surface area (Å²) in [6, 6.07) is 6.72. The van der Waals surface area contributed by atoms with E-state index in [1.54, 1.807) is 0 Å². The average Bonchev–Trinajstić information content (AvgIpc) is 2.26. The zero-order chi connectivity index (χ0) is 10.7. The Morgan fingerprint density at radius 1 is 1.53 bits per heavy atom. The predicted molar refractivity (Wildman–Crippen MR) is 64.3 cm³/mol. The zero-order valence-corrected chi connectivity index (χ0v) is 9.77. The van der Waals surface area contributed by atoms with Crippen LogP contribution in [0.15, 0.2) is 18.2 Å². The SMILES string of the molecule is CCNCC1Cc2cccc(Cl)c2CN1. The van der Waals surface area contributed by atoms with Gasteiger partial charge in [0, 0.05) is 24.2 Å². The van der Waals surface area contributed by atoms with Gasteiger partial charge in [0.05, 0.1) is 0 Å². The molecule has 2 N–H and O–H groups in total. The first-order valence-corrected chi connectivity index (χ1v) is 5.89. The normalized spacial score (nSPS) is 20.0. The molecule has 0 aliphatic carbocycles. The number of fused-ring (bicyclic) bond motifs is 1. The Morgan fingerprint density at radius 2 is 2.40 bits per heavy atom. The van der Waals surface area contributed by atoms with Crippen molar-refractivity contribution in [2.45, 2.75) is 25.9 Å². The molecule has 0 saturated carbocycles. The van der Waals surface area contributed by atoms with Gasteiger partial charge in [-0.15, -0.1) is 0 Å². The number of hydrogen-bond donors (Lipinski definition) is 2. The van der Waals surface area contributed by atoms with Crippen molar-refractivity contribution in [1.29, 1.82) is 0 Å². The molecule has 2 rings (SSSR count). The van der Waals surface area contributed by atoms with E-state index in [1.165, 1.54) is 11.1 Å². The molecule has 82 valence electrons. The van der Waals surface area contributed by atoms with E-state index in [0.29, 0.717) is 6.04 Å². The summed E-state index contributed by atoms with van der Waals surface area (Å²) in [7, 11) is 0. The molecular formula is C12H17ClN2. The van der Waals surface area contributed by atoms with Crippen LogP contribution >= 0.6 is 11.6 Å². The van der Waals surface area contributed by atoms with Gasteiger partial charge in [-0.25, -0.2) is 0 Å². The minimum atomic E-state index is 0.538. The van der Waals surface area contributed by atoms with Gasteiger partial charge in [-0.05, 0) is 30.2 Å². The van der Waals surface area contributed by atoms with Crippen LogP contribution in [0.25, 0.3) is 0 Å². The van der Waals surface area contributed by atoms with Crippen molar-refractivity contribution in [3.05, 3.63) is 34.3 Å². The summed E-state index contributed by atoms with van der Waals surface area (Å²) >= 11 is 6.14. The molecule has 0 amide bonds. The molecule has 1 aliphatic heterocycles. The van der Waals surface area contributed by atoms with Crippen LogP contribution < -0.4 is 10.6 Å². The molecular weight excluding hydrogens is 208 g/mol. The number of rotatable bonds is 3. The lowest BCUT2D eigenvalue weighted by Crippen LogP contribution is -2.43. The summed E-state index contributed by atoms with van der Waals surface area (Å²) in [6.07, 6.45) is 1.07. The number of nitrogens with one attached hydrogen (secondary N) is 2. The fraction of sp³-hybridized carbons (Fsp3) is 0.500. The van der Waals surface area contributed by atoms with Crippen molar-refractivity contribution in [3.63, 3.8) is 0 Å². The fourth-order valence-corrected chi connectivity index (χ4v) is 2.30. The molecule has 2 nitrogen and oxygen atoms in total. The first-order chi connectivity index (χ1) is 7.31. The van der Waals surface area contributed by atoms with Gasteiger partial charge in [-0.3, -0.25) is 0 Å². The minimum Gasteiger partial charge on any atom is -0.315 e. The average molecular weight is 225 g/mol. The van der Waals surface area contributed by atoms with Gasteiger partial charge in [-0.1, -0.05) is 30.7 Å². The van der Waals surface area contributed by atoms with Crippen LogP contribution in [-0.2, 0) is 13.0 Å². The van der Waals surface area contributed by atoms with Crippen LogP contribution in [0.4, 0.5) is 0 Å². The molecule has 0 radical (unpaired) electrons. The van der Waals surface area contributed by atoms with E-state index in [-0.39, 0.29) is 0 Å². The second-order valence-corrected chi connectivity index (χ2v) is 4.37. The third-order valence-corrected chi connectivity index (χ3v) is 3.24. The van der Waals surface area contributed by atoms with E-state index in [9.17, 15) is 0 Å². The number of halogens is 1. The van der Waals surface area contributed by atoms with Gasteiger partial charge in [0.15, 0.2) is 0 Å². The van der Waals surface area contributed by atoms with Crippen LogP contribution in [-0.4, -0.2) is 19.1 Å². The number of benzene rings is 1. The maximum atomic E-state index is 6.14. The summed E-state index contributed by atoms with van der Waals surface area (Å²) < 4.78 is 0. The zero-order valence-electron chi connectivity index (χ0n) is 9.02. The summed E-state index contributed by atoms with van der Waals surface area (Å²) in [5.41, 5.74) is 2.66. The lowest BCUT2D eigenvalue weighted by molar-refractivity contribution is 0.453. The van der Waals surface area contributed by atoms with E-state index in [1.807, 2.05) is 12.1 Å². The largest absolute Gasteiger partial charge is 0.315 e. The van der Waals surface area contributed by atoms with Crippen LogP contribution in [0.3, 0.4) is 0 Å². The highest BCUT2D eigenvalue weighted by atomic mass is 35.5. The standard InChI is InChI=1S/C12H17ClN2/c1-2-14-7-10-6-9-4-3-5-12(13)11(9)8-15-10/h3-5,10,14-15H,2,6-8H2,1H3. The van der Waals surface area contributed by atoms with Gasteiger partial charge < -0.3 is 10.6 Å². The number of hydrogen-bond acceptors (Lipinski definition) is 2. The fourth-order valence-electron chi connectivity index (χ4n) is 2.04. The van der Waals surface area contributed by atoms with Crippen LogP contribution in [0.1, 0.15) is 18.1 Å². The summed E-state index contributed by atoms with van der Waals surface area (Å²) in [6.45, 7) is 5.09. The Balaban J connectivity index is 2.07. The highest BCUT2D eigenvalue weighted by molar-refractivity contribution is 6.31. The molecule has 0 saturated heterocycles. The smallest absolute Gasteiger partial charge is 0.0453 e. The van der Waals surface area contributed by atoms with Crippen molar-refractivity contribution in [2.24, 2.45) is 0 Å². The maximum absolute atomic E-state index is 6.14. The molecule has 1 aromatic carbocycles. The second-order valence-electron chi connectivity index (χ2n) is 3.97. The lowest BCUT2D eigenvalue weighted by Gasteiger charge is -2.26. The molecule has 15 heavy (non-hydrogen) atoms. The van der Waals surface area contributed by atoms with Gasteiger partial charge in [0.1, 0.15) is 0 Å². The molecule has 0 fully saturated rings. The predicted octanol–water partition coefficient (Wildman–Crippen LogP) is 1.96. The Labute approximate surface area is 96.0 Å². The Kier molecular flexibility index (Phi) is 3.62. The van der Waals surface area contributed by atoms with Crippen LogP contribution in [0.5, 0.6) is 0 Å². The summed E-state index contributed by atoms with van der Waals surface area (Å²) in [5.74, 6) is 0. The third kappa shape index (κ3) is 2.51. The van der Waals surface area contributed by atoms with Gasteiger partial charge in [0.2, 0.25) is 0 Å². The maximum Gasteiger partial charge on any atom is 0.0453 e. The van der Waals surface area contributed by atoms with Crippen molar-refractivity contribution in [1.82, 2.24) is 10.6 Å². The molecule has 3 heteroatoms. The molecule has 1 atom stereocenters. The highest BCUT2D eigenvalue weighted by Crippen LogP contribution is 2.24. The molecule has 1 aliphatic rings.